The number of methoxy groups -OCH3 is 1. The number of aromatic nitrogens is 2. The van der Waals surface area contributed by atoms with Gasteiger partial charge in [-0.05, 0) is 18.6 Å². The predicted molar refractivity (Wildman–Crippen MR) is 134 cm³/mol. The van der Waals surface area contributed by atoms with Crippen LogP contribution in [0.15, 0.2) is 29.3 Å². The number of pyridine rings is 2. The summed E-state index contributed by atoms with van der Waals surface area (Å²) in [5, 5.41) is 10.6. The molecule has 0 spiro atoms. The summed E-state index contributed by atoms with van der Waals surface area (Å²) < 4.78 is 46.0. The number of hydrogen-bond acceptors (Lipinski definition) is 7. The highest BCUT2D eigenvalue weighted by atomic mass is 19.4. The smallest absolute Gasteiger partial charge is 0.383 e. The Bertz CT molecular complexity index is 1230. The first-order chi connectivity index (χ1) is 17.2. The number of amides is 2. The van der Waals surface area contributed by atoms with E-state index in [9.17, 15) is 22.8 Å². The third-order valence-electron chi connectivity index (χ3n) is 6.37. The van der Waals surface area contributed by atoms with E-state index in [0.29, 0.717) is 37.3 Å². The Morgan fingerprint density at radius 3 is 2.57 bits per heavy atom. The lowest BCUT2D eigenvalue weighted by molar-refractivity contribution is -0.138. The van der Waals surface area contributed by atoms with E-state index in [0.717, 1.165) is 10.3 Å². The van der Waals surface area contributed by atoms with Crippen LogP contribution < -0.4 is 21.5 Å². The van der Waals surface area contributed by atoms with Crippen molar-refractivity contribution in [3.63, 3.8) is 0 Å². The van der Waals surface area contributed by atoms with Crippen LogP contribution in [0.1, 0.15) is 17.5 Å². The number of carbonyl (C=O) groups excluding carboxylic acids is 1. The Morgan fingerprint density at radius 1 is 1.30 bits per heavy atom. The van der Waals surface area contributed by atoms with Gasteiger partial charge in [-0.1, -0.05) is 0 Å². The predicted octanol–water partition coefficient (Wildman–Crippen LogP) is 2.03. The van der Waals surface area contributed by atoms with Crippen LogP contribution in [0.5, 0.6) is 0 Å². The molecule has 0 radical (unpaired) electrons. The highest BCUT2D eigenvalue weighted by Gasteiger charge is 2.36. The minimum atomic E-state index is -4.67. The van der Waals surface area contributed by atoms with Gasteiger partial charge in [0.05, 0.1) is 35.2 Å². The van der Waals surface area contributed by atoms with Crippen LogP contribution in [0, 0.1) is 5.41 Å². The van der Waals surface area contributed by atoms with Crippen molar-refractivity contribution in [2.24, 2.45) is 7.05 Å². The zero-order valence-corrected chi connectivity index (χ0v) is 21.3. The van der Waals surface area contributed by atoms with Crippen LogP contribution in [0.3, 0.4) is 0 Å². The summed E-state index contributed by atoms with van der Waals surface area (Å²) >= 11 is 0. The van der Waals surface area contributed by atoms with Crippen molar-refractivity contribution in [3.8, 4) is 0 Å². The lowest BCUT2D eigenvalue weighted by atomic mass is 9.99. The van der Waals surface area contributed by atoms with Gasteiger partial charge in [0.2, 0.25) is 0 Å². The second-order valence-electron chi connectivity index (χ2n) is 9.04. The number of likely N-dealkylation sites (N-methyl/N-ethyl adjacent to an activating group) is 1. The number of amidine groups is 1. The average Bonchev–Trinajstić information content (AvgIpc) is 2.84. The number of anilines is 3. The standard InChI is InChI=1S/C23H31F3N8O3/c1-31(2)20(28)15-9-14(10-29-19(15)27)34-7-6-17(18(12-34)37-5)33(4)22(36)30-16-8-13(23(24,25)26)11-32(3)21(16)35/h8-11,17-18,28H,6-7,12H2,1-5H3,(H2,27,29)(H,30,36). The van der Waals surface area contributed by atoms with Crippen molar-refractivity contribution in [1.82, 2.24) is 19.4 Å². The highest BCUT2D eigenvalue weighted by molar-refractivity contribution is 6.00. The van der Waals surface area contributed by atoms with E-state index >= 15 is 0 Å². The van der Waals surface area contributed by atoms with Crippen molar-refractivity contribution < 1.29 is 22.7 Å². The molecular formula is C23H31F3N8O3. The molecule has 14 heteroatoms. The summed E-state index contributed by atoms with van der Waals surface area (Å²) in [7, 11) is 7.66. The van der Waals surface area contributed by atoms with Gasteiger partial charge in [-0.25, -0.2) is 9.78 Å². The van der Waals surface area contributed by atoms with Gasteiger partial charge in [0.15, 0.2) is 0 Å². The molecule has 0 saturated carbocycles. The number of alkyl halides is 3. The van der Waals surface area contributed by atoms with Gasteiger partial charge in [-0.15, -0.1) is 0 Å². The summed E-state index contributed by atoms with van der Waals surface area (Å²) in [6.07, 6.45) is -2.38. The summed E-state index contributed by atoms with van der Waals surface area (Å²) in [4.78, 5) is 34.4. The summed E-state index contributed by atoms with van der Waals surface area (Å²) in [6.45, 7) is 0.887. The first kappa shape index (κ1) is 27.8. The molecule has 0 aliphatic carbocycles. The van der Waals surface area contributed by atoms with Gasteiger partial charge in [0.25, 0.3) is 5.56 Å². The number of urea groups is 1. The number of nitrogen functional groups attached to an aromatic ring is 1. The topological polar surface area (TPSA) is 133 Å². The maximum absolute atomic E-state index is 13.2. The van der Waals surface area contributed by atoms with Crippen LogP contribution >= 0.6 is 0 Å². The summed E-state index contributed by atoms with van der Waals surface area (Å²) in [5.41, 5.74) is 4.90. The molecule has 2 aromatic rings. The van der Waals surface area contributed by atoms with Crippen LogP contribution in [0.2, 0.25) is 0 Å². The molecular weight excluding hydrogens is 493 g/mol. The molecule has 3 heterocycles. The molecule has 0 bridgehead atoms. The second-order valence-corrected chi connectivity index (χ2v) is 9.04. The van der Waals surface area contributed by atoms with Gasteiger partial charge >= 0.3 is 12.2 Å². The Balaban J connectivity index is 1.77. The molecule has 1 fully saturated rings. The molecule has 11 nitrogen and oxygen atoms in total. The van der Waals surface area contributed by atoms with Gasteiger partial charge in [-0.2, -0.15) is 13.2 Å². The Hall–Kier alpha value is -3.81. The number of hydrogen-bond donors (Lipinski definition) is 3. The average molecular weight is 525 g/mol. The Labute approximate surface area is 212 Å². The van der Waals surface area contributed by atoms with Crippen LogP contribution in [0.4, 0.5) is 35.2 Å². The number of piperidine rings is 1. The zero-order valence-electron chi connectivity index (χ0n) is 21.3. The van der Waals surface area contributed by atoms with Gasteiger partial charge in [-0.3, -0.25) is 10.2 Å². The molecule has 2 amide bonds. The van der Waals surface area contributed by atoms with Crippen molar-refractivity contribution in [2.75, 3.05) is 57.3 Å². The van der Waals surface area contributed by atoms with Crippen molar-refractivity contribution in [1.29, 1.82) is 5.41 Å². The fourth-order valence-electron chi connectivity index (χ4n) is 4.19. The van der Waals surface area contributed by atoms with Crippen LogP contribution in [-0.4, -0.2) is 84.7 Å². The molecule has 0 aromatic carbocycles. The highest BCUT2D eigenvalue weighted by Crippen LogP contribution is 2.30. The molecule has 37 heavy (non-hydrogen) atoms. The van der Waals surface area contributed by atoms with Crippen molar-refractivity contribution in [2.45, 2.75) is 24.7 Å². The molecule has 4 N–H and O–H groups in total. The number of carbonyl (C=O) groups is 1. The summed E-state index contributed by atoms with van der Waals surface area (Å²) in [6, 6.07) is 1.25. The van der Waals surface area contributed by atoms with E-state index in [1.165, 1.54) is 26.1 Å². The minimum Gasteiger partial charge on any atom is -0.383 e. The number of aryl methyl sites for hydroxylation is 1. The lowest BCUT2D eigenvalue weighted by Gasteiger charge is -2.42. The van der Waals surface area contributed by atoms with Crippen LogP contribution in [0.25, 0.3) is 0 Å². The fraction of sp³-hybridized carbons (Fsp3) is 0.478. The summed E-state index contributed by atoms with van der Waals surface area (Å²) in [5.74, 6) is 0.444. The molecule has 2 atom stereocenters. The minimum absolute atomic E-state index is 0.210. The normalized spacial score (nSPS) is 17.9. The third kappa shape index (κ3) is 5.96. The Kier molecular flexibility index (Phi) is 8.00. The second kappa shape index (κ2) is 10.7. The largest absolute Gasteiger partial charge is 0.417 e. The van der Waals surface area contributed by atoms with E-state index in [1.54, 1.807) is 31.3 Å². The SMILES string of the molecule is COC1CN(c2cnc(N)c(C(=N)N(C)C)c2)CCC1N(C)C(=O)Nc1cc(C(F)(F)F)cn(C)c1=O. The molecule has 2 unspecified atom stereocenters. The fourth-order valence-corrected chi connectivity index (χ4v) is 4.19. The van der Waals surface area contributed by atoms with Crippen molar-refractivity contribution >= 4 is 29.1 Å². The van der Waals surface area contributed by atoms with E-state index in [2.05, 4.69) is 10.3 Å². The molecule has 1 aliphatic rings. The van der Waals surface area contributed by atoms with E-state index in [1.807, 2.05) is 4.90 Å². The molecule has 3 rings (SSSR count). The molecule has 1 aliphatic heterocycles. The maximum Gasteiger partial charge on any atom is 0.417 e. The lowest BCUT2D eigenvalue weighted by Crippen LogP contribution is -2.56. The Morgan fingerprint density at radius 2 is 1.97 bits per heavy atom. The van der Waals surface area contributed by atoms with Crippen molar-refractivity contribution in [3.05, 3.63) is 46.0 Å². The number of nitrogens with one attached hydrogen (secondary N) is 2. The quantitative estimate of drug-likeness (QED) is 0.403. The molecule has 2 aromatic heterocycles. The monoisotopic (exact) mass is 524 g/mol. The number of nitrogens with zero attached hydrogens (tertiary/aromatic N) is 5. The number of rotatable bonds is 5. The molecule has 1 saturated heterocycles. The van der Waals surface area contributed by atoms with E-state index in [-0.39, 0.29) is 11.7 Å². The number of nitrogens with two attached hydrogens (primary N) is 1. The van der Waals surface area contributed by atoms with Gasteiger partial charge in [0, 0.05) is 54.6 Å². The number of halogens is 3. The van der Waals surface area contributed by atoms with E-state index in [4.69, 9.17) is 15.9 Å². The first-order valence-electron chi connectivity index (χ1n) is 11.4. The van der Waals surface area contributed by atoms with Gasteiger partial charge in [0.1, 0.15) is 17.3 Å². The van der Waals surface area contributed by atoms with E-state index < -0.39 is 41.2 Å². The van der Waals surface area contributed by atoms with Crippen LogP contribution in [-0.2, 0) is 18.0 Å². The third-order valence-corrected chi connectivity index (χ3v) is 6.37. The molecule has 202 valence electrons. The van der Waals surface area contributed by atoms with Gasteiger partial charge < -0.3 is 35.1 Å². The zero-order chi connectivity index (χ0) is 27.7. The maximum atomic E-state index is 13.2. The first-order valence-corrected chi connectivity index (χ1v) is 11.4. The number of ether oxygens (including phenoxy) is 1.